The standard InChI is InChI=1S/C22H21FN2O5/c1-14(4-2-3-5-20(27)28)21(16-8-11-19(26)18(23)12-16)30-22(29)25-17-9-6-15(13-24)7-10-17/h3,5-12,14,21,26H,2,4H2,1H3,(H,25,29)(H,27,28)/b5-3+/t14-,21-/m0/s1. The van der Waals surface area contributed by atoms with Crippen LogP contribution in [0.3, 0.4) is 0 Å². The van der Waals surface area contributed by atoms with Crippen LogP contribution in [0.15, 0.2) is 54.6 Å². The summed E-state index contributed by atoms with van der Waals surface area (Å²) in [5, 5.41) is 29.5. The van der Waals surface area contributed by atoms with Crippen LogP contribution in [0.2, 0.25) is 0 Å². The van der Waals surface area contributed by atoms with Crippen molar-refractivity contribution in [1.29, 1.82) is 5.26 Å². The molecule has 0 bridgehead atoms. The number of anilines is 1. The molecule has 3 N–H and O–H groups in total. The lowest BCUT2D eigenvalue weighted by Gasteiger charge is -2.24. The molecule has 2 atom stereocenters. The van der Waals surface area contributed by atoms with E-state index < -0.39 is 29.7 Å². The molecule has 30 heavy (non-hydrogen) atoms. The molecule has 0 saturated carbocycles. The van der Waals surface area contributed by atoms with E-state index in [-0.39, 0.29) is 5.92 Å². The van der Waals surface area contributed by atoms with Crippen LogP contribution >= 0.6 is 0 Å². The molecule has 2 rings (SSSR count). The Balaban J connectivity index is 2.14. The molecule has 7 nitrogen and oxygen atoms in total. The maximum Gasteiger partial charge on any atom is 0.412 e. The van der Waals surface area contributed by atoms with Gasteiger partial charge in [0.15, 0.2) is 11.6 Å². The van der Waals surface area contributed by atoms with E-state index >= 15 is 0 Å². The van der Waals surface area contributed by atoms with Crippen molar-refractivity contribution in [2.75, 3.05) is 5.32 Å². The van der Waals surface area contributed by atoms with Crippen molar-refractivity contribution < 1.29 is 28.9 Å². The summed E-state index contributed by atoms with van der Waals surface area (Å²) in [6.45, 7) is 1.79. The highest BCUT2D eigenvalue weighted by atomic mass is 19.1. The van der Waals surface area contributed by atoms with Gasteiger partial charge in [-0.05, 0) is 60.7 Å². The summed E-state index contributed by atoms with van der Waals surface area (Å²) in [4.78, 5) is 23.0. The largest absolute Gasteiger partial charge is 0.505 e. The third-order valence-corrected chi connectivity index (χ3v) is 4.36. The molecule has 0 saturated heterocycles. The second-order valence-electron chi connectivity index (χ2n) is 6.65. The molecular weight excluding hydrogens is 391 g/mol. The molecule has 0 radical (unpaired) electrons. The third-order valence-electron chi connectivity index (χ3n) is 4.36. The Morgan fingerprint density at radius 1 is 1.27 bits per heavy atom. The third kappa shape index (κ3) is 6.63. The summed E-state index contributed by atoms with van der Waals surface area (Å²) in [7, 11) is 0. The minimum atomic E-state index is -1.06. The van der Waals surface area contributed by atoms with E-state index in [1.54, 1.807) is 31.2 Å². The monoisotopic (exact) mass is 412 g/mol. The second-order valence-corrected chi connectivity index (χ2v) is 6.65. The molecule has 0 aliphatic rings. The lowest BCUT2D eigenvalue weighted by molar-refractivity contribution is -0.131. The number of nitrogens with zero attached hydrogens (tertiary/aromatic N) is 1. The smallest absolute Gasteiger partial charge is 0.412 e. The zero-order valence-electron chi connectivity index (χ0n) is 16.2. The number of carboxylic acid groups (broad SMARTS) is 1. The Labute approximate surface area is 173 Å². The number of ether oxygens (including phenoxy) is 1. The Hall–Kier alpha value is -3.86. The van der Waals surface area contributed by atoms with Crippen molar-refractivity contribution in [2.45, 2.75) is 25.9 Å². The first kappa shape index (κ1) is 22.4. The first-order valence-electron chi connectivity index (χ1n) is 9.16. The van der Waals surface area contributed by atoms with E-state index in [0.29, 0.717) is 29.7 Å². The maximum absolute atomic E-state index is 13.8. The fourth-order valence-corrected chi connectivity index (χ4v) is 2.80. The van der Waals surface area contributed by atoms with Crippen LogP contribution in [-0.4, -0.2) is 22.3 Å². The molecule has 156 valence electrons. The number of hydrogen-bond acceptors (Lipinski definition) is 5. The lowest BCUT2D eigenvalue weighted by atomic mass is 9.93. The van der Waals surface area contributed by atoms with Crippen LogP contribution < -0.4 is 5.32 Å². The first-order chi connectivity index (χ1) is 14.3. The normalized spacial score (nSPS) is 12.7. The average molecular weight is 412 g/mol. The number of nitriles is 1. The van der Waals surface area contributed by atoms with Crippen molar-refractivity contribution >= 4 is 17.7 Å². The minimum Gasteiger partial charge on any atom is -0.505 e. The zero-order valence-corrected chi connectivity index (χ0v) is 16.2. The van der Waals surface area contributed by atoms with Gasteiger partial charge >= 0.3 is 12.1 Å². The van der Waals surface area contributed by atoms with Crippen LogP contribution in [0.5, 0.6) is 5.75 Å². The summed E-state index contributed by atoms with van der Waals surface area (Å²) in [5.41, 5.74) is 1.22. The number of amides is 1. The molecule has 0 unspecified atom stereocenters. The molecule has 2 aromatic rings. The van der Waals surface area contributed by atoms with E-state index in [1.807, 2.05) is 6.07 Å². The van der Waals surface area contributed by atoms with Crippen molar-refractivity contribution in [3.8, 4) is 11.8 Å². The molecule has 8 heteroatoms. The van der Waals surface area contributed by atoms with Crippen molar-refractivity contribution in [2.24, 2.45) is 5.92 Å². The molecule has 1 amide bonds. The number of rotatable bonds is 8. The average Bonchev–Trinajstić information content (AvgIpc) is 2.72. The molecule has 0 aromatic heterocycles. The van der Waals surface area contributed by atoms with Gasteiger partial charge < -0.3 is 14.9 Å². The topological polar surface area (TPSA) is 120 Å². The minimum absolute atomic E-state index is 0.279. The van der Waals surface area contributed by atoms with Gasteiger partial charge in [0.1, 0.15) is 6.10 Å². The van der Waals surface area contributed by atoms with Gasteiger partial charge in [-0.25, -0.2) is 14.0 Å². The highest BCUT2D eigenvalue weighted by Crippen LogP contribution is 2.32. The number of phenols is 1. The molecule has 2 aromatic carbocycles. The number of aromatic hydroxyl groups is 1. The van der Waals surface area contributed by atoms with E-state index in [2.05, 4.69) is 5.32 Å². The van der Waals surface area contributed by atoms with E-state index in [4.69, 9.17) is 15.1 Å². The van der Waals surface area contributed by atoms with Crippen molar-refractivity contribution in [3.63, 3.8) is 0 Å². The van der Waals surface area contributed by atoms with Gasteiger partial charge in [-0.2, -0.15) is 5.26 Å². The van der Waals surface area contributed by atoms with E-state index in [1.165, 1.54) is 18.2 Å². The van der Waals surface area contributed by atoms with Crippen LogP contribution in [0.4, 0.5) is 14.9 Å². The number of hydrogen-bond donors (Lipinski definition) is 3. The molecule has 0 aliphatic heterocycles. The van der Waals surface area contributed by atoms with Crippen LogP contribution in [0.25, 0.3) is 0 Å². The number of carboxylic acids is 1. The maximum atomic E-state index is 13.8. The Morgan fingerprint density at radius 3 is 2.57 bits per heavy atom. The van der Waals surface area contributed by atoms with E-state index in [9.17, 15) is 19.1 Å². The number of nitrogens with one attached hydrogen (secondary N) is 1. The number of aliphatic carboxylic acids is 1. The van der Waals surface area contributed by atoms with Crippen LogP contribution in [0, 0.1) is 23.1 Å². The summed E-state index contributed by atoms with van der Waals surface area (Å²) in [5.74, 6) is -2.69. The summed E-state index contributed by atoms with van der Waals surface area (Å²) >= 11 is 0. The highest BCUT2D eigenvalue weighted by molar-refractivity contribution is 5.84. The van der Waals surface area contributed by atoms with Gasteiger partial charge in [0.05, 0.1) is 11.6 Å². The van der Waals surface area contributed by atoms with Gasteiger partial charge in [0.2, 0.25) is 0 Å². The van der Waals surface area contributed by atoms with Crippen LogP contribution in [0.1, 0.15) is 37.0 Å². The van der Waals surface area contributed by atoms with Gasteiger partial charge in [-0.3, -0.25) is 5.32 Å². The number of carbonyl (C=O) groups is 2. The molecule has 0 heterocycles. The van der Waals surface area contributed by atoms with Gasteiger partial charge in [-0.1, -0.05) is 19.1 Å². The highest BCUT2D eigenvalue weighted by Gasteiger charge is 2.24. The summed E-state index contributed by atoms with van der Waals surface area (Å²) in [6, 6.07) is 11.9. The SMILES string of the molecule is C[C@@H](CC/C=C/C(=O)O)[C@H](OC(=O)Nc1ccc(C#N)cc1)c1ccc(O)c(F)c1. The van der Waals surface area contributed by atoms with Crippen molar-refractivity contribution in [3.05, 3.63) is 71.6 Å². The Morgan fingerprint density at radius 2 is 1.97 bits per heavy atom. The van der Waals surface area contributed by atoms with Gasteiger partial charge in [-0.15, -0.1) is 0 Å². The number of carbonyl (C=O) groups excluding carboxylic acids is 1. The predicted molar refractivity (Wildman–Crippen MR) is 107 cm³/mol. The predicted octanol–water partition coefficient (Wildman–Crippen LogP) is 4.75. The Bertz CT molecular complexity index is 966. The van der Waals surface area contributed by atoms with Crippen molar-refractivity contribution in [1.82, 2.24) is 0 Å². The number of benzene rings is 2. The zero-order chi connectivity index (χ0) is 22.1. The summed E-state index contributed by atoms with van der Waals surface area (Å²) in [6.07, 6.45) is 1.80. The van der Waals surface area contributed by atoms with Gasteiger partial charge in [0.25, 0.3) is 0 Å². The van der Waals surface area contributed by atoms with Crippen LogP contribution in [-0.2, 0) is 9.53 Å². The quantitative estimate of drug-likeness (QED) is 0.538. The van der Waals surface area contributed by atoms with E-state index in [0.717, 1.165) is 12.1 Å². The molecule has 0 spiro atoms. The Kier molecular flexibility index (Phi) is 7.94. The lowest BCUT2D eigenvalue weighted by Crippen LogP contribution is -2.22. The fraction of sp³-hybridized carbons (Fsp3) is 0.227. The summed E-state index contributed by atoms with van der Waals surface area (Å²) < 4.78 is 19.4. The molecule has 0 aliphatic carbocycles. The number of allylic oxidation sites excluding steroid dienone is 1. The second kappa shape index (κ2) is 10.6. The molecular formula is C22H21FN2O5. The van der Waals surface area contributed by atoms with Gasteiger partial charge in [0, 0.05) is 11.8 Å². The number of halogens is 1. The fourth-order valence-electron chi connectivity index (χ4n) is 2.80. The molecule has 0 fully saturated rings. The number of phenolic OH excluding ortho intramolecular Hbond substituents is 1. The first-order valence-corrected chi connectivity index (χ1v) is 9.16.